The van der Waals surface area contributed by atoms with E-state index < -0.39 is 0 Å². The van der Waals surface area contributed by atoms with Crippen LogP contribution < -0.4 is 15.0 Å². The van der Waals surface area contributed by atoms with E-state index in [4.69, 9.17) is 9.15 Å². The zero-order chi connectivity index (χ0) is 21.5. The van der Waals surface area contributed by atoms with Crippen LogP contribution in [0.2, 0.25) is 0 Å². The number of nitrogens with zero attached hydrogens (tertiary/aromatic N) is 2. The molecule has 2 atom stereocenters. The summed E-state index contributed by atoms with van der Waals surface area (Å²) in [6.45, 7) is 3.04. The number of ether oxygens (including phenoxy) is 1. The smallest absolute Gasteiger partial charge is 0.298 e. The summed E-state index contributed by atoms with van der Waals surface area (Å²) in [4.78, 5) is 25.8. The van der Waals surface area contributed by atoms with Gasteiger partial charge in [0, 0.05) is 13.0 Å². The van der Waals surface area contributed by atoms with E-state index in [1.54, 1.807) is 19.4 Å². The van der Waals surface area contributed by atoms with E-state index in [2.05, 4.69) is 10.4 Å². The number of rotatable bonds is 9. The van der Waals surface area contributed by atoms with E-state index in [9.17, 15) is 9.59 Å². The Bertz CT molecular complexity index is 877. The number of benzene rings is 1. The first kappa shape index (κ1) is 21.6. The van der Waals surface area contributed by atoms with E-state index in [1.807, 2.05) is 44.3 Å². The molecule has 0 bridgehead atoms. The van der Waals surface area contributed by atoms with Crippen molar-refractivity contribution in [3.05, 3.63) is 54.0 Å². The first-order valence-corrected chi connectivity index (χ1v) is 10.2. The average Bonchev–Trinajstić information content (AvgIpc) is 3.42. The number of carbonyl (C=O) groups is 2. The van der Waals surface area contributed by atoms with Crippen LogP contribution in [0.5, 0.6) is 5.75 Å². The standard InChI is InChI=1S/C22H28N4O4/c1-4-11-23-21(27)14-25(2)15-22(28)26-19(20-6-5-12-30-20)13-18(24-26)16-7-9-17(29-3)10-8-16/h5-10,12,19H,4,11,13-15H2,1-3H3,(H,23,27)/p+1/t19-/m0/s1. The molecule has 0 saturated heterocycles. The third kappa shape index (κ3) is 5.27. The maximum Gasteiger partial charge on any atom is 0.298 e. The number of amides is 2. The van der Waals surface area contributed by atoms with Gasteiger partial charge in [0.25, 0.3) is 11.8 Å². The van der Waals surface area contributed by atoms with Gasteiger partial charge in [-0.15, -0.1) is 0 Å². The molecule has 0 saturated carbocycles. The van der Waals surface area contributed by atoms with Crippen LogP contribution in [-0.4, -0.2) is 56.3 Å². The van der Waals surface area contributed by atoms with Crippen LogP contribution in [0.15, 0.2) is 52.2 Å². The Morgan fingerprint density at radius 3 is 2.67 bits per heavy atom. The average molecular weight is 413 g/mol. The first-order valence-electron chi connectivity index (χ1n) is 10.2. The second-order valence-corrected chi connectivity index (χ2v) is 7.41. The Morgan fingerprint density at radius 2 is 2.03 bits per heavy atom. The molecule has 1 aromatic heterocycles. The molecule has 1 aromatic carbocycles. The van der Waals surface area contributed by atoms with Crippen LogP contribution in [0.1, 0.15) is 37.1 Å². The maximum absolute atomic E-state index is 13.0. The highest BCUT2D eigenvalue weighted by atomic mass is 16.5. The Morgan fingerprint density at radius 1 is 1.27 bits per heavy atom. The summed E-state index contributed by atoms with van der Waals surface area (Å²) in [5, 5.41) is 8.95. The molecule has 0 fully saturated rings. The number of likely N-dealkylation sites (N-methyl/N-ethyl adjacent to an activating group) is 1. The SMILES string of the molecule is CCCNC(=O)C[NH+](C)CC(=O)N1N=C(c2ccc(OC)cc2)C[C@H]1c1ccco1. The van der Waals surface area contributed by atoms with E-state index >= 15 is 0 Å². The second kappa shape index (κ2) is 10.1. The van der Waals surface area contributed by atoms with Gasteiger partial charge in [-0.1, -0.05) is 6.92 Å². The number of carbonyl (C=O) groups excluding carboxylic acids is 2. The van der Waals surface area contributed by atoms with Gasteiger partial charge < -0.3 is 19.4 Å². The van der Waals surface area contributed by atoms with Crippen molar-refractivity contribution in [2.45, 2.75) is 25.8 Å². The summed E-state index contributed by atoms with van der Waals surface area (Å²) in [6.07, 6.45) is 3.03. The maximum atomic E-state index is 13.0. The summed E-state index contributed by atoms with van der Waals surface area (Å²) in [5.41, 5.74) is 1.74. The molecule has 0 radical (unpaired) electrons. The van der Waals surface area contributed by atoms with Crippen LogP contribution in [0.3, 0.4) is 0 Å². The Hall–Kier alpha value is -3.13. The van der Waals surface area contributed by atoms with E-state index in [-0.39, 0.29) is 30.9 Å². The number of quaternary nitrogens is 1. The molecule has 8 heteroatoms. The predicted octanol–water partition coefficient (Wildman–Crippen LogP) is 1.01. The minimum Gasteiger partial charge on any atom is -0.497 e. The van der Waals surface area contributed by atoms with E-state index in [0.717, 1.165) is 28.3 Å². The summed E-state index contributed by atoms with van der Waals surface area (Å²) < 4.78 is 10.8. The van der Waals surface area contributed by atoms with Crippen molar-refractivity contribution >= 4 is 17.5 Å². The third-order valence-corrected chi connectivity index (χ3v) is 4.95. The monoisotopic (exact) mass is 413 g/mol. The minimum absolute atomic E-state index is 0.0615. The van der Waals surface area contributed by atoms with Crippen molar-refractivity contribution in [2.75, 3.05) is 33.8 Å². The van der Waals surface area contributed by atoms with Crippen LogP contribution >= 0.6 is 0 Å². The third-order valence-electron chi connectivity index (χ3n) is 4.95. The molecule has 1 aliphatic heterocycles. The number of methoxy groups -OCH3 is 1. The lowest BCUT2D eigenvalue weighted by Crippen LogP contribution is -3.11. The molecule has 0 aliphatic carbocycles. The summed E-state index contributed by atoms with van der Waals surface area (Å²) in [7, 11) is 3.45. The largest absolute Gasteiger partial charge is 0.497 e. The van der Waals surface area contributed by atoms with Gasteiger partial charge in [-0.25, -0.2) is 5.01 Å². The zero-order valence-electron chi connectivity index (χ0n) is 17.7. The summed E-state index contributed by atoms with van der Waals surface area (Å²) in [5.74, 6) is 1.24. The lowest BCUT2D eigenvalue weighted by Gasteiger charge is -2.21. The van der Waals surface area contributed by atoms with Crippen LogP contribution in [0.4, 0.5) is 0 Å². The minimum atomic E-state index is -0.300. The molecule has 3 rings (SSSR count). The highest BCUT2D eigenvalue weighted by molar-refractivity contribution is 6.03. The molecule has 2 aromatic rings. The molecule has 8 nitrogen and oxygen atoms in total. The van der Waals surface area contributed by atoms with Gasteiger partial charge in [0.1, 0.15) is 17.6 Å². The van der Waals surface area contributed by atoms with Gasteiger partial charge >= 0.3 is 0 Å². The second-order valence-electron chi connectivity index (χ2n) is 7.41. The van der Waals surface area contributed by atoms with Gasteiger partial charge in [-0.2, -0.15) is 5.10 Å². The zero-order valence-corrected chi connectivity index (χ0v) is 17.7. The number of hydrogen-bond donors (Lipinski definition) is 2. The van der Waals surface area contributed by atoms with Crippen LogP contribution in [0.25, 0.3) is 0 Å². The first-order chi connectivity index (χ1) is 14.5. The highest BCUT2D eigenvalue weighted by Crippen LogP contribution is 2.33. The van der Waals surface area contributed by atoms with Gasteiger partial charge in [-0.3, -0.25) is 9.59 Å². The molecule has 2 heterocycles. The molecule has 2 N–H and O–H groups in total. The summed E-state index contributed by atoms with van der Waals surface area (Å²) in [6, 6.07) is 11.0. The van der Waals surface area contributed by atoms with Crippen molar-refractivity contribution in [1.82, 2.24) is 10.3 Å². The van der Waals surface area contributed by atoms with Gasteiger partial charge in [0.15, 0.2) is 13.1 Å². The fraction of sp³-hybridized carbons (Fsp3) is 0.409. The lowest BCUT2D eigenvalue weighted by molar-refractivity contribution is -0.863. The lowest BCUT2D eigenvalue weighted by atomic mass is 10.0. The molecular formula is C22H29N4O4+. The van der Waals surface area contributed by atoms with Crippen molar-refractivity contribution < 1.29 is 23.6 Å². The normalized spacial score (nSPS) is 16.8. The summed E-state index contributed by atoms with van der Waals surface area (Å²) >= 11 is 0. The number of furan rings is 1. The number of hydrogen-bond acceptors (Lipinski definition) is 5. The van der Waals surface area contributed by atoms with Crippen molar-refractivity contribution in [3.8, 4) is 5.75 Å². The van der Waals surface area contributed by atoms with E-state index in [1.165, 1.54) is 5.01 Å². The molecule has 2 amide bonds. The molecule has 0 spiro atoms. The Labute approximate surface area is 176 Å². The van der Waals surface area contributed by atoms with Crippen LogP contribution in [0, 0.1) is 0 Å². The van der Waals surface area contributed by atoms with Gasteiger partial charge in [0.05, 0.1) is 26.1 Å². The quantitative estimate of drug-likeness (QED) is 0.642. The molecule has 1 aliphatic rings. The number of nitrogens with one attached hydrogen (secondary N) is 2. The van der Waals surface area contributed by atoms with Crippen molar-refractivity contribution in [1.29, 1.82) is 0 Å². The fourth-order valence-electron chi connectivity index (χ4n) is 3.40. The van der Waals surface area contributed by atoms with Gasteiger partial charge in [-0.05, 0) is 48.4 Å². The molecule has 160 valence electrons. The highest BCUT2D eigenvalue weighted by Gasteiger charge is 2.36. The van der Waals surface area contributed by atoms with E-state index in [0.29, 0.717) is 18.7 Å². The predicted molar refractivity (Wildman–Crippen MR) is 112 cm³/mol. The molecular weight excluding hydrogens is 384 g/mol. The fourth-order valence-corrected chi connectivity index (χ4v) is 3.40. The number of hydrazone groups is 1. The van der Waals surface area contributed by atoms with Gasteiger partial charge in [0.2, 0.25) is 0 Å². The Kier molecular flexibility index (Phi) is 7.24. The van der Waals surface area contributed by atoms with Crippen LogP contribution in [-0.2, 0) is 9.59 Å². The Balaban J connectivity index is 1.73. The van der Waals surface area contributed by atoms with Crippen molar-refractivity contribution in [3.63, 3.8) is 0 Å². The topological polar surface area (TPSA) is 88.6 Å². The van der Waals surface area contributed by atoms with Crippen molar-refractivity contribution in [2.24, 2.45) is 5.10 Å². The molecule has 1 unspecified atom stereocenters. The molecule has 30 heavy (non-hydrogen) atoms.